The summed E-state index contributed by atoms with van der Waals surface area (Å²) in [6, 6.07) is 0. The molecule has 0 aromatic rings. The highest BCUT2D eigenvalue weighted by molar-refractivity contribution is 5.15. The molecule has 9 rings (SSSR count). The average Bonchev–Trinajstić information content (AvgIpc) is 3.72. The van der Waals surface area contributed by atoms with Crippen LogP contribution in [0.4, 0.5) is 0 Å². The molecule has 18 nitrogen and oxygen atoms in total. The fourth-order valence-corrected chi connectivity index (χ4v) is 14.7. The summed E-state index contributed by atoms with van der Waals surface area (Å²) in [5, 5.41) is 106. The molecule has 63 heavy (non-hydrogen) atoms. The monoisotopic (exact) mass is 902 g/mol. The summed E-state index contributed by atoms with van der Waals surface area (Å²) in [4.78, 5) is 0. The zero-order valence-corrected chi connectivity index (χ0v) is 37.0. The van der Waals surface area contributed by atoms with Crippen molar-refractivity contribution in [1.82, 2.24) is 0 Å². The third-order valence-electron chi connectivity index (χ3n) is 18.3. The van der Waals surface area contributed by atoms with E-state index in [1.54, 1.807) is 0 Å². The fourth-order valence-electron chi connectivity index (χ4n) is 14.7. The molecule has 0 unspecified atom stereocenters. The van der Waals surface area contributed by atoms with Gasteiger partial charge in [-0.2, -0.15) is 0 Å². The van der Waals surface area contributed by atoms with Gasteiger partial charge in [0.15, 0.2) is 24.7 Å². The highest BCUT2D eigenvalue weighted by atomic mass is 16.8. The maximum absolute atomic E-state index is 11.5. The molecule has 10 N–H and O–H groups in total. The van der Waals surface area contributed by atoms with Crippen molar-refractivity contribution in [3.63, 3.8) is 0 Å². The first-order valence-electron chi connectivity index (χ1n) is 23.8. The maximum Gasteiger partial charge on any atom is 0.187 e. The van der Waals surface area contributed by atoms with Crippen molar-refractivity contribution in [2.75, 3.05) is 26.4 Å². The largest absolute Gasteiger partial charge is 0.394 e. The van der Waals surface area contributed by atoms with Crippen LogP contribution in [0.3, 0.4) is 0 Å². The van der Waals surface area contributed by atoms with Gasteiger partial charge in [0.1, 0.15) is 73.2 Å². The quantitative estimate of drug-likeness (QED) is 0.128. The van der Waals surface area contributed by atoms with Gasteiger partial charge in [0, 0.05) is 12.3 Å². The average molecular weight is 903 g/mol. The van der Waals surface area contributed by atoms with E-state index >= 15 is 0 Å². The first kappa shape index (κ1) is 47.4. The molecule has 362 valence electrons. The Balaban J connectivity index is 0.833. The van der Waals surface area contributed by atoms with Gasteiger partial charge in [0.05, 0.1) is 38.6 Å². The maximum atomic E-state index is 11.5. The Morgan fingerprint density at radius 2 is 1.16 bits per heavy atom. The lowest BCUT2D eigenvalue weighted by Gasteiger charge is -2.61. The van der Waals surface area contributed by atoms with Gasteiger partial charge in [-0.15, -0.1) is 0 Å². The summed E-state index contributed by atoms with van der Waals surface area (Å²) < 4.78 is 49.0. The van der Waals surface area contributed by atoms with E-state index in [4.69, 9.17) is 37.9 Å². The van der Waals surface area contributed by atoms with Crippen LogP contribution < -0.4 is 0 Å². The molecule has 5 aliphatic heterocycles. The second-order valence-electron chi connectivity index (χ2n) is 21.5. The van der Waals surface area contributed by atoms with Crippen LogP contribution >= 0.6 is 0 Å². The first-order chi connectivity index (χ1) is 30.0. The van der Waals surface area contributed by atoms with Gasteiger partial charge >= 0.3 is 0 Å². The topological polar surface area (TPSA) is 276 Å². The van der Waals surface area contributed by atoms with Gasteiger partial charge in [-0.25, -0.2) is 0 Å². The van der Waals surface area contributed by atoms with E-state index < -0.39 is 118 Å². The van der Waals surface area contributed by atoms with Crippen LogP contribution in [0.25, 0.3) is 0 Å². The van der Waals surface area contributed by atoms with E-state index in [1.807, 2.05) is 0 Å². The fraction of sp³-hybridized carbons (Fsp3) is 1.00. The number of hydrogen-bond acceptors (Lipinski definition) is 18. The lowest BCUT2D eigenvalue weighted by molar-refractivity contribution is -0.390. The number of ether oxygens (including phenoxy) is 8. The molecule has 5 heterocycles. The minimum atomic E-state index is -1.89. The van der Waals surface area contributed by atoms with Crippen molar-refractivity contribution in [2.24, 2.45) is 52.3 Å². The smallest absolute Gasteiger partial charge is 0.187 e. The molecule has 27 atom stereocenters. The molecule has 18 heteroatoms. The Bertz CT molecular complexity index is 1570. The van der Waals surface area contributed by atoms with Crippen molar-refractivity contribution in [3.8, 4) is 0 Å². The molecular formula is C45H74O18. The van der Waals surface area contributed by atoms with Crippen molar-refractivity contribution >= 4 is 0 Å². The molecule has 4 aliphatic carbocycles. The summed E-state index contributed by atoms with van der Waals surface area (Å²) >= 11 is 0. The number of aliphatic hydroxyl groups is 10. The van der Waals surface area contributed by atoms with Gasteiger partial charge in [0.2, 0.25) is 0 Å². The minimum absolute atomic E-state index is 0.134. The van der Waals surface area contributed by atoms with Gasteiger partial charge < -0.3 is 89.0 Å². The Labute approximate surface area is 369 Å². The van der Waals surface area contributed by atoms with E-state index in [-0.39, 0.29) is 23.0 Å². The summed E-state index contributed by atoms with van der Waals surface area (Å²) in [6.07, 6.45) is -14.2. The Hall–Kier alpha value is -0.720. The highest BCUT2D eigenvalue weighted by Gasteiger charge is 2.69. The van der Waals surface area contributed by atoms with Crippen molar-refractivity contribution in [2.45, 2.75) is 202 Å². The van der Waals surface area contributed by atoms with E-state index in [1.165, 1.54) is 12.8 Å². The molecule has 0 amide bonds. The number of rotatable bonds is 9. The van der Waals surface area contributed by atoms with E-state index in [9.17, 15) is 51.1 Å². The predicted molar refractivity (Wildman–Crippen MR) is 216 cm³/mol. The Morgan fingerprint density at radius 1 is 0.556 bits per heavy atom. The molecule has 0 aromatic carbocycles. The van der Waals surface area contributed by atoms with Crippen molar-refractivity contribution in [1.29, 1.82) is 0 Å². The number of hydrogen-bond donors (Lipinski definition) is 10. The summed E-state index contributed by atoms with van der Waals surface area (Å²) in [7, 11) is 0. The second kappa shape index (κ2) is 18.0. The van der Waals surface area contributed by atoms with E-state index in [2.05, 4.69) is 27.7 Å². The van der Waals surface area contributed by atoms with E-state index in [0.717, 1.165) is 58.0 Å². The Morgan fingerprint density at radius 3 is 1.84 bits per heavy atom. The van der Waals surface area contributed by atoms with Crippen LogP contribution in [0.5, 0.6) is 0 Å². The molecule has 9 aliphatic rings. The summed E-state index contributed by atoms with van der Waals surface area (Å²) in [5.74, 6) is 3.29. The zero-order chi connectivity index (χ0) is 44.9. The van der Waals surface area contributed by atoms with Crippen molar-refractivity contribution < 1.29 is 89.0 Å². The number of aliphatic hydroxyl groups excluding tert-OH is 10. The van der Waals surface area contributed by atoms with Crippen LogP contribution in [-0.2, 0) is 37.9 Å². The lowest BCUT2D eigenvalue weighted by Crippen LogP contribution is -2.67. The van der Waals surface area contributed by atoms with Crippen LogP contribution in [0.2, 0.25) is 0 Å². The zero-order valence-electron chi connectivity index (χ0n) is 37.0. The molecule has 1 spiro atoms. The third kappa shape index (κ3) is 7.88. The molecule has 9 fully saturated rings. The summed E-state index contributed by atoms with van der Waals surface area (Å²) in [6.45, 7) is 8.23. The molecule has 0 aromatic heterocycles. The first-order valence-corrected chi connectivity index (χ1v) is 23.8. The molecule has 0 radical (unpaired) electrons. The molecule has 4 saturated carbocycles. The van der Waals surface area contributed by atoms with Gasteiger partial charge in [-0.05, 0) is 104 Å². The van der Waals surface area contributed by atoms with Crippen LogP contribution in [-0.4, -0.2) is 188 Å². The molecular weight excluding hydrogens is 828 g/mol. The molecule has 5 saturated heterocycles. The van der Waals surface area contributed by atoms with Crippen LogP contribution in [0.15, 0.2) is 0 Å². The lowest BCUT2D eigenvalue weighted by atomic mass is 9.44. The van der Waals surface area contributed by atoms with E-state index in [0.29, 0.717) is 41.4 Å². The number of fused-ring (bicyclic) bond motifs is 7. The normalized spacial score (nSPS) is 58.2. The summed E-state index contributed by atoms with van der Waals surface area (Å²) in [5.41, 5.74) is 0.364. The Kier molecular flexibility index (Phi) is 13.5. The van der Waals surface area contributed by atoms with Crippen molar-refractivity contribution in [3.05, 3.63) is 0 Å². The van der Waals surface area contributed by atoms with Gasteiger partial charge in [-0.1, -0.05) is 27.7 Å². The predicted octanol–water partition coefficient (Wildman–Crippen LogP) is -0.734. The SMILES string of the molecule is C[C@@H]1CC[C@@]2(OC1)O[C@H]1C[C@@H]3[C@@H]4CC[C@H]5C[C@@H](O[C@@H]6O[C@H](CO)[C@H](O[C@@H]7O[C@H](CO)[C@@H](O)[C@H](O)[C@H]7O[C@@H]7O[C@H](CO)[C@@H](O)[C@H](O)[C@H]7O)[C@H](O)[C@H]6O)CC[C@]5(C)[C@H]4CC[C@]3(C)[C@H]1[C@@H]2C. The highest BCUT2D eigenvalue weighted by Crippen LogP contribution is 2.71. The van der Waals surface area contributed by atoms with Gasteiger partial charge in [0.25, 0.3) is 0 Å². The molecule has 0 bridgehead atoms. The van der Waals surface area contributed by atoms with Crippen LogP contribution in [0, 0.1) is 52.3 Å². The standard InChI is InChI=1S/C45H74O18/c1-19-7-12-45(56-18-19)20(2)30-26(63-45)14-25-23-6-5-21-13-22(8-10-43(21,3)24(23)9-11-44(25,30)4)57-40-37(55)35(53)38(29(17-48)60-40)61-42-39(34(52)32(50)28(16-47)59-42)62-41-36(54)33(51)31(49)27(15-46)58-41/h19-42,46-55H,5-18H2,1-4H3/t19-,20+,21+,22+,23-,24+,25-,26+,27-,28-,29-,30+,31-,32-,33+,34+,35-,36-,37-,38+,39-,40-,41+,42+,43+,44+,45-/m1/s1. The van der Waals surface area contributed by atoms with Crippen LogP contribution in [0.1, 0.15) is 91.9 Å². The third-order valence-corrected chi connectivity index (χ3v) is 18.3. The minimum Gasteiger partial charge on any atom is -0.394 e. The second-order valence-corrected chi connectivity index (χ2v) is 21.5. The van der Waals surface area contributed by atoms with Gasteiger partial charge in [-0.3, -0.25) is 0 Å².